The number of rotatable bonds is 7. The number of Topliss-reactive ketones (excluding diaryl/α,β-unsaturated/α-hetero) is 1. The standard InChI is InChI=1S/C17H26O4/c1-12(18)13-10-14(17(2,3)4)16(20-6)15(11-13)21-9-7-8-19-5/h10-11H,7-9H2,1-6H3. The van der Waals surface area contributed by atoms with E-state index in [-0.39, 0.29) is 11.2 Å². The van der Waals surface area contributed by atoms with Gasteiger partial charge in [-0.15, -0.1) is 0 Å². The van der Waals surface area contributed by atoms with Crippen LogP contribution in [0.25, 0.3) is 0 Å². The highest BCUT2D eigenvalue weighted by Crippen LogP contribution is 2.39. The molecule has 0 fully saturated rings. The predicted molar refractivity (Wildman–Crippen MR) is 83.7 cm³/mol. The van der Waals surface area contributed by atoms with E-state index in [2.05, 4.69) is 20.8 Å². The number of ether oxygens (including phenoxy) is 3. The van der Waals surface area contributed by atoms with E-state index in [4.69, 9.17) is 14.2 Å². The fourth-order valence-electron chi connectivity index (χ4n) is 2.07. The summed E-state index contributed by atoms with van der Waals surface area (Å²) < 4.78 is 16.3. The van der Waals surface area contributed by atoms with E-state index in [1.807, 2.05) is 6.07 Å². The van der Waals surface area contributed by atoms with Crippen molar-refractivity contribution in [2.24, 2.45) is 0 Å². The lowest BCUT2D eigenvalue weighted by Gasteiger charge is -2.24. The minimum absolute atomic E-state index is 0.0184. The summed E-state index contributed by atoms with van der Waals surface area (Å²) in [6.45, 7) is 8.98. The number of benzene rings is 1. The van der Waals surface area contributed by atoms with Gasteiger partial charge in [0.05, 0.1) is 13.7 Å². The van der Waals surface area contributed by atoms with Crippen LogP contribution in [0.3, 0.4) is 0 Å². The number of carbonyl (C=O) groups is 1. The molecule has 0 saturated carbocycles. The van der Waals surface area contributed by atoms with E-state index in [0.717, 1.165) is 12.0 Å². The predicted octanol–water partition coefficient (Wildman–Crippen LogP) is 3.61. The van der Waals surface area contributed by atoms with Gasteiger partial charge in [-0.2, -0.15) is 0 Å². The third-order valence-corrected chi connectivity index (χ3v) is 3.22. The maximum Gasteiger partial charge on any atom is 0.164 e. The lowest BCUT2D eigenvalue weighted by atomic mass is 9.84. The highest BCUT2D eigenvalue weighted by molar-refractivity contribution is 5.95. The number of hydrogen-bond acceptors (Lipinski definition) is 4. The third kappa shape index (κ3) is 4.74. The molecule has 4 nitrogen and oxygen atoms in total. The molecule has 118 valence electrons. The van der Waals surface area contributed by atoms with Crippen molar-refractivity contribution in [3.05, 3.63) is 23.3 Å². The first-order chi connectivity index (χ1) is 9.81. The molecule has 0 atom stereocenters. The van der Waals surface area contributed by atoms with Gasteiger partial charge in [0, 0.05) is 31.3 Å². The van der Waals surface area contributed by atoms with Crippen LogP contribution in [0.5, 0.6) is 11.5 Å². The molecule has 0 bridgehead atoms. The summed E-state index contributed by atoms with van der Waals surface area (Å²) in [5.41, 5.74) is 1.48. The molecule has 0 N–H and O–H groups in total. The highest BCUT2D eigenvalue weighted by Gasteiger charge is 2.24. The first-order valence-electron chi connectivity index (χ1n) is 7.16. The first-order valence-corrected chi connectivity index (χ1v) is 7.16. The lowest BCUT2D eigenvalue weighted by Crippen LogP contribution is -2.15. The van der Waals surface area contributed by atoms with Gasteiger partial charge in [0.25, 0.3) is 0 Å². The van der Waals surface area contributed by atoms with Crippen LogP contribution in [0.1, 0.15) is 50.0 Å². The average Bonchev–Trinajstić information content (AvgIpc) is 2.41. The smallest absolute Gasteiger partial charge is 0.164 e. The van der Waals surface area contributed by atoms with E-state index in [1.165, 1.54) is 0 Å². The zero-order valence-corrected chi connectivity index (χ0v) is 13.9. The van der Waals surface area contributed by atoms with Crippen LogP contribution in [0.2, 0.25) is 0 Å². The van der Waals surface area contributed by atoms with Gasteiger partial charge in [-0.05, 0) is 24.5 Å². The zero-order chi connectivity index (χ0) is 16.0. The largest absolute Gasteiger partial charge is 0.493 e. The monoisotopic (exact) mass is 294 g/mol. The Bertz CT molecular complexity index is 486. The Balaban J connectivity index is 3.19. The van der Waals surface area contributed by atoms with Crippen molar-refractivity contribution in [3.8, 4) is 11.5 Å². The van der Waals surface area contributed by atoms with Crippen LogP contribution in [-0.2, 0) is 10.2 Å². The molecule has 0 aromatic heterocycles. The molecule has 21 heavy (non-hydrogen) atoms. The Labute approximate surface area is 127 Å². The summed E-state index contributed by atoms with van der Waals surface area (Å²) in [7, 11) is 3.29. The van der Waals surface area contributed by atoms with Gasteiger partial charge in [0.1, 0.15) is 0 Å². The average molecular weight is 294 g/mol. The van der Waals surface area contributed by atoms with Gasteiger partial charge in [-0.25, -0.2) is 0 Å². The molecule has 0 aliphatic rings. The molecule has 0 spiro atoms. The topological polar surface area (TPSA) is 44.8 Å². The summed E-state index contributed by atoms with van der Waals surface area (Å²) in [6.07, 6.45) is 0.787. The van der Waals surface area contributed by atoms with Crippen LogP contribution >= 0.6 is 0 Å². The van der Waals surface area contributed by atoms with Crippen molar-refractivity contribution < 1.29 is 19.0 Å². The summed E-state index contributed by atoms with van der Waals surface area (Å²) >= 11 is 0. The maximum atomic E-state index is 11.7. The number of carbonyl (C=O) groups excluding carboxylic acids is 1. The molecule has 0 unspecified atom stereocenters. The second kappa shape index (κ2) is 7.46. The number of methoxy groups -OCH3 is 2. The molecule has 0 aliphatic carbocycles. The summed E-state index contributed by atoms with van der Waals surface area (Å²) in [4.78, 5) is 11.7. The van der Waals surface area contributed by atoms with E-state index < -0.39 is 0 Å². The molecular weight excluding hydrogens is 268 g/mol. The molecule has 0 saturated heterocycles. The molecule has 1 aromatic rings. The van der Waals surface area contributed by atoms with E-state index in [1.54, 1.807) is 27.2 Å². The second-order valence-electron chi connectivity index (χ2n) is 6.06. The molecule has 4 heteroatoms. The molecule has 0 heterocycles. The van der Waals surface area contributed by atoms with Gasteiger partial charge in [0.15, 0.2) is 17.3 Å². The van der Waals surface area contributed by atoms with Crippen LogP contribution in [0.4, 0.5) is 0 Å². The molecule has 0 aliphatic heterocycles. The molecule has 1 aromatic carbocycles. The molecular formula is C17H26O4. The van der Waals surface area contributed by atoms with Crippen molar-refractivity contribution in [1.82, 2.24) is 0 Å². The second-order valence-corrected chi connectivity index (χ2v) is 6.06. The van der Waals surface area contributed by atoms with E-state index in [9.17, 15) is 4.79 Å². The summed E-state index contributed by atoms with van der Waals surface area (Å²) in [5.74, 6) is 1.33. The van der Waals surface area contributed by atoms with Crippen LogP contribution in [0.15, 0.2) is 12.1 Å². The SMILES string of the molecule is COCCCOc1cc(C(C)=O)cc(C(C)(C)C)c1OC. The Morgan fingerprint density at radius 3 is 2.29 bits per heavy atom. The quantitative estimate of drug-likeness (QED) is 0.569. The maximum absolute atomic E-state index is 11.7. The molecule has 0 amide bonds. The van der Waals surface area contributed by atoms with Crippen molar-refractivity contribution >= 4 is 5.78 Å². The normalized spacial score (nSPS) is 11.3. The highest BCUT2D eigenvalue weighted by atomic mass is 16.5. The molecule has 1 rings (SSSR count). The Morgan fingerprint density at radius 2 is 1.81 bits per heavy atom. The Kier molecular flexibility index (Phi) is 6.21. The number of ketones is 1. The Morgan fingerprint density at radius 1 is 1.14 bits per heavy atom. The lowest BCUT2D eigenvalue weighted by molar-refractivity contribution is 0.101. The minimum Gasteiger partial charge on any atom is -0.493 e. The minimum atomic E-state index is -0.137. The fraction of sp³-hybridized carbons (Fsp3) is 0.588. The van der Waals surface area contributed by atoms with Gasteiger partial charge in [-0.3, -0.25) is 4.79 Å². The Hall–Kier alpha value is -1.55. The van der Waals surface area contributed by atoms with Gasteiger partial charge in [0.2, 0.25) is 0 Å². The third-order valence-electron chi connectivity index (χ3n) is 3.22. The molecule has 0 radical (unpaired) electrons. The first kappa shape index (κ1) is 17.5. The van der Waals surface area contributed by atoms with E-state index in [0.29, 0.717) is 30.3 Å². The summed E-state index contributed by atoms with van der Waals surface area (Å²) in [6, 6.07) is 3.65. The summed E-state index contributed by atoms with van der Waals surface area (Å²) in [5, 5.41) is 0. The van der Waals surface area contributed by atoms with Crippen LogP contribution in [0, 0.1) is 0 Å². The number of hydrogen-bond donors (Lipinski definition) is 0. The van der Waals surface area contributed by atoms with Gasteiger partial charge in [-0.1, -0.05) is 20.8 Å². The van der Waals surface area contributed by atoms with Crippen LogP contribution < -0.4 is 9.47 Å². The van der Waals surface area contributed by atoms with Crippen molar-refractivity contribution in [2.75, 3.05) is 27.4 Å². The van der Waals surface area contributed by atoms with Gasteiger partial charge >= 0.3 is 0 Å². The van der Waals surface area contributed by atoms with Crippen molar-refractivity contribution in [3.63, 3.8) is 0 Å². The van der Waals surface area contributed by atoms with E-state index >= 15 is 0 Å². The van der Waals surface area contributed by atoms with Crippen LogP contribution in [-0.4, -0.2) is 33.2 Å². The zero-order valence-electron chi connectivity index (χ0n) is 13.9. The fourth-order valence-corrected chi connectivity index (χ4v) is 2.07. The van der Waals surface area contributed by atoms with Gasteiger partial charge < -0.3 is 14.2 Å². The van der Waals surface area contributed by atoms with Crippen molar-refractivity contribution in [1.29, 1.82) is 0 Å². The van der Waals surface area contributed by atoms with Crippen molar-refractivity contribution in [2.45, 2.75) is 39.5 Å².